The third kappa shape index (κ3) is 4.80. The monoisotopic (exact) mass is 423 g/mol. The van der Waals surface area contributed by atoms with Crippen LogP contribution in [0, 0.1) is 5.92 Å². The Bertz CT molecular complexity index is 953. The molecule has 1 aliphatic rings. The van der Waals surface area contributed by atoms with Gasteiger partial charge in [0.1, 0.15) is 5.82 Å². The highest BCUT2D eigenvalue weighted by Gasteiger charge is 2.38. The fourth-order valence-electron chi connectivity index (χ4n) is 3.65. The number of hydrogen-bond donors (Lipinski definition) is 2. The Morgan fingerprint density at radius 1 is 1.23 bits per heavy atom. The predicted octanol–water partition coefficient (Wildman–Crippen LogP) is 2.58. The summed E-state index contributed by atoms with van der Waals surface area (Å²) in [6, 6.07) is 8.78. The lowest BCUT2D eigenvalue weighted by atomic mass is 9.72. The molecule has 1 aliphatic heterocycles. The molecule has 8 heteroatoms. The molecule has 1 aromatic carbocycles. The fourth-order valence-corrected chi connectivity index (χ4v) is 3.65. The second-order valence-electron chi connectivity index (χ2n) is 8.50. The maximum atomic E-state index is 5.77. The van der Waals surface area contributed by atoms with Crippen molar-refractivity contribution in [3.05, 3.63) is 59.8 Å². The number of aliphatic imine (C=N–C) groups is 1. The quantitative estimate of drug-likeness (QED) is 0.659. The van der Waals surface area contributed by atoms with Gasteiger partial charge in [0.05, 0.1) is 5.41 Å². The molecule has 2 aromatic rings. The molecule has 2 heterocycles. The fraction of sp³-hybridized carbons (Fsp3) is 0.435. The number of piperazine rings is 1. The Morgan fingerprint density at radius 3 is 2.42 bits per heavy atom. The number of likely N-dealkylation sites (N-methyl/N-ethyl adjacent to an activating group) is 1. The van der Waals surface area contributed by atoms with Crippen molar-refractivity contribution in [2.24, 2.45) is 22.4 Å². The third-order valence-electron chi connectivity index (χ3n) is 6.18. The van der Waals surface area contributed by atoms with Crippen LogP contribution < -0.4 is 16.4 Å². The van der Waals surface area contributed by atoms with E-state index in [9.17, 15) is 0 Å². The van der Waals surface area contributed by atoms with Crippen LogP contribution in [0.4, 0.5) is 6.01 Å². The number of hydrogen-bond acceptors (Lipinski definition) is 8. The molecule has 0 saturated carbocycles. The minimum absolute atomic E-state index is 0.233. The topological polar surface area (TPSA) is 110 Å². The summed E-state index contributed by atoms with van der Waals surface area (Å²) in [5, 5.41) is 4.39. The Morgan fingerprint density at radius 2 is 1.87 bits per heavy atom. The smallest absolute Gasteiger partial charge is 0.324 e. The van der Waals surface area contributed by atoms with Gasteiger partial charge in [-0.3, -0.25) is 0 Å². The van der Waals surface area contributed by atoms with E-state index in [4.69, 9.17) is 21.0 Å². The minimum Gasteiger partial charge on any atom is -0.404 e. The molecule has 4 N–H and O–H groups in total. The van der Waals surface area contributed by atoms with Gasteiger partial charge in [0.2, 0.25) is 0 Å². The van der Waals surface area contributed by atoms with Crippen molar-refractivity contribution in [1.82, 2.24) is 15.0 Å². The summed E-state index contributed by atoms with van der Waals surface area (Å²) in [6.45, 7) is 13.8. The van der Waals surface area contributed by atoms with Crippen molar-refractivity contribution in [2.45, 2.75) is 26.2 Å². The van der Waals surface area contributed by atoms with E-state index in [1.165, 1.54) is 6.20 Å². The number of nitrogens with two attached hydrogens (primary N) is 2. The van der Waals surface area contributed by atoms with Gasteiger partial charge in [-0.2, -0.15) is 4.98 Å². The van der Waals surface area contributed by atoms with Crippen molar-refractivity contribution in [3.63, 3.8) is 0 Å². The van der Waals surface area contributed by atoms with Gasteiger partial charge in [0, 0.05) is 44.2 Å². The number of nitrogens with zero attached hydrogens (tertiary/aromatic N) is 5. The molecule has 0 spiro atoms. The SMILES string of the molecule is C=C(N)N=C/C(=C\N)c1ccc(C(C)(c2noc(N3CCN(C)CC3)n2)C(C)C)cc1. The molecule has 1 fully saturated rings. The van der Waals surface area contributed by atoms with Crippen LogP contribution in [0.25, 0.3) is 5.57 Å². The summed E-state index contributed by atoms with van der Waals surface area (Å²) in [5.74, 6) is 1.18. The lowest BCUT2D eigenvalue weighted by Crippen LogP contribution is -2.44. The zero-order chi connectivity index (χ0) is 22.6. The van der Waals surface area contributed by atoms with E-state index >= 15 is 0 Å². The Kier molecular flexibility index (Phi) is 6.80. The van der Waals surface area contributed by atoms with Gasteiger partial charge in [-0.05, 0) is 31.0 Å². The average molecular weight is 424 g/mol. The number of benzene rings is 1. The normalized spacial score (nSPS) is 18.0. The van der Waals surface area contributed by atoms with E-state index in [-0.39, 0.29) is 11.7 Å². The Hall–Kier alpha value is -3.13. The van der Waals surface area contributed by atoms with Gasteiger partial charge >= 0.3 is 6.01 Å². The van der Waals surface area contributed by atoms with E-state index in [1.807, 2.05) is 12.1 Å². The number of anilines is 1. The lowest BCUT2D eigenvalue weighted by molar-refractivity contribution is 0.297. The molecule has 0 aliphatic carbocycles. The summed E-state index contributed by atoms with van der Waals surface area (Å²) in [6.07, 6.45) is 3.12. The molecule has 31 heavy (non-hydrogen) atoms. The Balaban J connectivity index is 1.88. The van der Waals surface area contributed by atoms with E-state index in [0.29, 0.717) is 11.8 Å². The molecule has 8 nitrogen and oxygen atoms in total. The van der Waals surface area contributed by atoms with Crippen molar-refractivity contribution < 1.29 is 4.52 Å². The third-order valence-corrected chi connectivity index (χ3v) is 6.18. The maximum absolute atomic E-state index is 5.77. The highest BCUT2D eigenvalue weighted by atomic mass is 16.5. The molecule has 1 aromatic heterocycles. The molecule has 1 saturated heterocycles. The first-order valence-electron chi connectivity index (χ1n) is 10.5. The first-order valence-corrected chi connectivity index (χ1v) is 10.5. The van der Waals surface area contributed by atoms with Gasteiger partial charge in [0.15, 0.2) is 5.82 Å². The van der Waals surface area contributed by atoms with Crippen molar-refractivity contribution in [1.29, 1.82) is 0 Å². The van der Waals surface area contributed by atoms with E-state index in [2.05, 4.69) is 66.5 Å². The molecule has 0 bridgehead atoms. The van der Waals surface area contributed by atoms with Crippen molar-refractivity contribution in [2.75, 3.05) is 38.1 Å². The summed E-state index contributed by atoms with van der Waals surface area (Å²) >= 11 is 0. The van der Waals surface area contributed by atoms with Crippen LogP contribution in [0.15, 0.2) is 52.4 Å². The average Bonchev–Trinajstić information content (AvgIpc) is 3.25. The molecular formula is C23H33N7O. The van der Waals surface area contributed by atoms with Crippen LogP contribution in [0.3, 0.4) is 0 Å². The molecule has 1 atom stereocenters. The van der Waals surface area contributed by atoms with Crippen LogP contribution >= 0.6 is 0 Å². The number of aromatic nitrogens is 2. The first kappa shape index (κ1) is 22.6. The van der Waals surface area contributed by atoms with Gasteiger partial charge in [-0.25, -0.2) is 4.99 Å². The van der Waals surface area contributed by atoms with E-state index < -0.39 is 5.41 Å². The van der Waals surface area contributed by atoms with Crippen molar-refractivity contribution in [3.8, 4) is 0 Å². The summed E-state index contributed by atoms with van der Waals surface area (Å²) in [5.41, 5.74) is 13.7. The van der Waals surface area contributed by atoms with Gasteiger partial charge < -0.3 is 25.8 Å². The molecule has 0 radical (unpaired) electrons. The largest absolute Gasteiger partial charge is 0.404 e. The van der Waals surface area contributed by atoms with Crippen LogP contribution in [0.2, 0.25) is 0 Å². The van der Waals surface area contributed by atoms with Crippen molar-refractivity contribution >= 4 is 17.8 Å². The Labute approximate surface area is 184 Å². The van der Waals surface area contributed by atoms with E-state index in [1.54, 1.807) is 6.21 Å². The van der Waals surface area contributed by atoms with Crippen LogP contribution in [0.1, 0.15) is 37.7 Å². The zero-order valence-corrected chi connectivity index (χ0v) is 18.9. The highest BCUT2D eigenvalue weighted by Crippen LogP contribution is 2.38. The minimum atomic E-state index is -0.404. The summed E-state index contributed by atoms with van der Waals surface area (Å²) < 4.78 is 5.67. The van der Waals surface area contributed by atoms with Gasteiger partial charge in [-0.1, -0.05) is 49.8 Å². The highest BCUT2D eigenvalue weighted by molar-refractivity contribution is 6.09. The summed E-state index contributed by atoms with van der Waals surface area (Å²) in [4.78, 5) is 13.3. The first-order chi connectivity index (χ1) is 14.8. The standard InChI is InChI=1S/C23H33N7O/c1-16(2)23(4,21-27-22(31-28-21)30-12-10-29(5)11-13-30)20-8-6-18(7-9-20)19(14-24)15-26-17(3)25/h6-9,14-16H,3,10-13,24-25H2,1-2,4-5H3/b19-14+,26-15?. The molecule has 1 unspecified atom stereocenters. The van der Waals surface area contributed by atoms with Gasteiger partial charge in [-0.15, -0.1) is 0 Å². The number of rotatable bonds is 7. The molecule has 166 valence electrons. The number of allylic oxidation sites excluding steroid dienone is 1. The molecule has 0 amide bonds. The predicted molar refractivity (Wildman–Crippen MR) is 126 cm³/mol. The zero-order valence-electron chi connectivity index (χ0n) is 18.9. The van der Waals surface area contributed by atoms with Crippen LogP contribution in [-0.4, -0.2) is 54.5 Å². The second kappa shape index (κ2) is 9.34. The maximum Gasteiger partial charge on any atom is 0.324 e. The lowest BCUT2D eigenvalue weighted by Gasteiger charge is -2.32. The van der Waals surface area contributed by atoms with E-state index in [0.717, 1.165) is 42.9 Å². The molecule has 3 rings (SSSR count). The molecular weight excluding hydrogens is 390 g/mol. The van der Waals surface area contributed by atoms with Crippen LogP contribution in [-0.2, 0) is 5.41 Å². The van der Waals surface area contributed by atoms with Gasteiger partial charge in [0.25, 0.3) is 0 Å². The summed E-state index contributed by atoms with van der Waals surface area (Å²) in [7, 11) is 2.12. The second-order valence-corrected chi connectivity index (χ2v) is 8.50. The van der Waals surface area contributed by atoms with Crippen LogP contribution in [0.5, 0.6) is 0 Å².